The van der Waals surface area contributed by atoms with Gasteiger partial charge in [0.1, 0.15) is 16.5 Å². The van der Waals surface area contributed by atoms with Gasteiger partial charge in [-0.05, 0) is 46.2 Å². The van der Waals surface area contributed by atoms with Crippen molar-refractivity contribution in [2.75, 3.05) is 6.26 Å². The second kappa shape index (κ2) is 6.27. The van der Waals surface area contributed by atoms with E-state index in [1.54, 1.807) is 23.6 Å². The Morgan fingerprint density at radius 3 is 2.08 bits per heavy atom. The standard InChI is InChI=1S/C17H11ClF2O2S2/c1-24(21,22)17-15(19)6-11(7-16(17)20)14-9-23-8-13(14)10-3-2-4-12(18)5-10/h2-9H,1H3. The molecule has 7 heteroatoms. The number of rotatable bonds is 3. The molecule has 0 spiro atoms. The Bertz CT molecular complexity index is 1000. The third kappa shape index (κ3) is 3.22. The van der Waals surface area contributed by atoms with Crippen molar-refractivity contribution in [1.29, 1.82) is 0 Å². The summed E-state index contributed by atoms with van der Waals surface area (Å²) < 4.78 is 51.3. The summed E-state index contributed by atoms with van der Waals surface area (Å²) in [5.41, 5.74) is 2.47. The molecule has 0 N–H and O–H groups in total. The van der Waals surface area contributed by atoms with Crippen LogP contribution in [0.15, 0.2) is 52.1 Å². The van der Waals surface area contributed by atoms with E-state index in [4.69, 9.17) is 11.6 Å². The molecule has 3 rings (SSSR count). The molecular weight excluding hydrogens is 374 g/mol. The summed E-state index contributed by atoms with van der Waals surface area (Å²) in [5, 5.41) is 4.15. The third-order valence-electron chi connectivity index (χ3n) is 3.48. The molecule has 0 bridgehead atoms. The number of halogens is 3. The van der Waals surface area contributed by atoms with Crippen LogP contribution in [0, 0.1) is 11.6 Å². The minimum Gasteiger partial charge on any atom is -0.224 e. The Morgan fingerprint density at radius 1 is 0.958 bits per heavy atom. The van der Waals surface area contributed by atoms with Crippen LogP contribution in [-0.2, 0) is 9.84 Å². The summed E-state index contributed by atoms with van der Waals surface area (Å²) in [6.45, 7) is 0. The van der Waals surface area contributed by atoms with Crippen molar-refractivity contribution < 1.29 is 17.2 Å². The predicted octanol–water partition coefficient (Wildman–Crippen LogP) is 5.42. The Kier molecular flexibility index (Phi) is 4.46. The lowest BCUT2D eigenvalue weighted by atomic mass is 9.99. The van der Waals surface area contributed by atoms with Crippen molar-refractivity contribution >= 4 is 32.8 Å². The summed E-state index contributed by atoms with van der Waals surface area (Å²) in [6.07, 6.45) is 0.774. The van der Waals surface area contributed by atoms with Gasteiger partial charge < -0.3 is 0 Å². The van der Waals surface area contributed by atoms with E-state index in [1.807, 2.05) is 11.4 Å². The number of hydrogen-bond acceptors (Lipinski definition) is 3. The highest BCUT2D eigenvalue weighted by Gasteiger charge is 2.22. The summed E-state index contributed by atoms with van der Waals surface area (Å²) in [7, 11) is -3.98. The topological polar surface area (TPSA) is 34.1 Å². The highest BCUT2D eigenvalue weighted by Crippen LogP contribution is 2.37. The van der Waals surface area contributed by atoms with Crippen molar-refractivity contribution in [2.24, 2.45) is 0 Å². The maximum Gasteiger partial charge on any atom is 0.181 e. The highest BCUT2D eigenvalue weighted by atomic mass is 35.5. The maximum absolute atomic E-state index is 14.2. The van der Waals surface area contributed by atoms with Gasteiger partial charge in [-0.2, -0.15) is 11.3 Å². The minimum atomic E-state index is -3.98. The van der Waals surface area contributed by atoms with E-state index in [2.05, 4.69) is 0 Å². The molecule has 2 aromatic carbocycles. The molecular formula is C17H11ClF2O2S2. The van der Waals surface area contributed by atoms with E-state index in [9.17, 15) is 17.2 Å². The number of sulfone groups is 1. The molecule has 0 saturated carbocycles. The van der Waals surface area contributed by atoms with Crippen LogP contribution in [0.25, 0.3) is 22.3 Å². The van der Waals surface area contributed by atoms with Gasteiger partial charge in [0.15, 0.2) is 9.84 Å². The summed E-state index contributed by atoms with van der Waals surface area (Å²) in [6, 6.07) is 9.19. The Morgan fingerprint density at radius 2 is 1.54 bits per heavy atom. The van der Waals surface area contributed by atoms with Crippen LogP contribution < -0.4 is 0 Å². The molecule has 1 aromatic heterocycles. The molecule has 24 heavy (non-hydrogen) atoms. The summed E-state index contributed by atoms with van der Waals surface area (Å²) in [4.78, 5) is -0.911. The first-order valence-electron chi connectivity index (χ1n) is 6.79. The quantitative estimate of drug-likeness (QED) is 0.604. The largest absolute Gasteiger partial charge is 0.224 e. The monoisotopic (exact) mass is 384 g/mol. The van der Waals surface area contributed by atoms with Crippen molar-refractivity contribution in [3.8, 4) is 22.3 Å². The average Bonchev–Trinajstić information content (AvgIpc) is 2.94. The van der Waals surface area contributed by atoms with E-state index in [-0.39, 0.29) is 5.56 Å². The third-order valence-corrected chi connectivity index (χ3v) is 5.59. The summed E-state index contributed by atoms with van der Waals surface area (Å²) in [5.74, 6) is -2.20. The zero-order valence-corrected chi connectivity index (χ0v) is 14.8. The fourth-order valence-electron chi connectivity index (χ4n) is 2.47. The zero-order valence-electron chi connectivity index (χ0n) is 12.4. The van der Waals surface area contributed by atoms with Gasteiger partial charge in [-0.25, -0.2) is 17.2 Å². The molecule has 0 radical (unpaired) electrons. The van der Waals surface area contributed by atoms with Crippen LogP contribution in [0.1, 0.15) is 0 Å². The molecule has 1 heterocycles. The molecule has 0 unspecified atom stereocenters. The van der Waals surface area contributed by atoms with E-state index < -0.39 is 26.4 Å². The molecule has 0 saturated heterocycles. The van der Waals surface area contributed by atoms with Gasteiger partial charge in [0.05, 0.1) is 0 Å². The van der Waals surface area contributed by atoms with Gasteiger partial charge in [0, 0.05) is 22.4 Å². The molecule has 0 fully saturated rings. The second-order valence-electron chi connectivity index (χ2n) is 5.25. The van der Waals surface area contributed by atoms with Crippen LogP contribution in [-0.4, -0.2) is 14.7 Å². The number of benzene rings is 2. The fourth-order valence-corrected chi connectivity index (χ4v) is 4.35. The number of hydrogen-bond donors (Lipinski definition) is 0. The van der Waals surface area contributed by atoms with Crippen LogP contribution in [0.4, 0.5) is 8.78 Å². The molecule has 0 aliphatic carbocycles. The van der Waals surface area contributed by atoms with E-state index in [0.29, 0.717) is 10.6 Å². The van der Waals surface area contributed by atoms with Gasteiger partial charge in [-0.15, -0.1) is 0 Å². The molecule has 0 atom stereocenters. The van der Waals surface area contributed by atoms with Gasteiger partial charge in [0.2, 0.25) is 0 Å². The van der Waals surface area contributed by atoms with Crippen molar-refractivity contribution in [2.45, 2.75) is 4.90 Å². The van der Waals surface area contributed by atoms with Crippen LogP contribution in [0.5, 0.6) is 0 Å². The van der Waals surface area contributed by atoms with Gasteiger partial charge in [0.25, 0.3) is 0 Å². The number of thiophene rings is 1. The Labute approximate surface area is 147 Å². The molecule has 3 aromatic rings. The van der Waals surface area contributed by atoms with Crippen molar-refractivity contribution in [3.05, 3.63) is 63.8 Å². The molecule has 2 nitrogen and oxygen atoms in total. The minimum absolute atomic E-state index is 0.272. The van der Waals surface area contributed by atoms with Crippen LogP contribution in [0.3, 0.4) is 0 Å². The smallest absolute Gasteiger partial charge is 0.181 e. The summed E-state index contributed by atoms with van der Waals surface area (Å²) >= 11 is 7.38. The van der Waals surface area contributed by atoms with Gasteiger partial charge in [-0.1, -0.05) is 23.7 Å². The normalized spacial score (nSPS) is 11.7. The van der Waals surface area contributed by atoms with Crippen molar-refractivity contribution in [3.63, 3.8) is 0 Å². The second-order valence-corrected chi connectivity index (χ2v) is 8.38. The van der Waals surface area contributed by atoms with E-state index >= 15 is 0 Å². The molecule has 0 amide bonds. The highest BCUT2D eigenvalue weighted by molar-refractivity contribution is 7.90. The SMILES string of the molecule is CS(=O)(=O)c1c(F)cc(-c2cscc2-c2cccc(Cl)c2)cc1F. The maximum atomic E-state index is 14.2. The Hall–Kier alpha value is -1.76. The lowest BCUT2D eigenvalue weighted by Crippen LogP contribution is -2.04. The van der Waals surface area contributed by atoms with Gasteiger partial charge >= 0.3 is 0 Å². The van der Waals surface area contributed by atoms with Crippen molar-refractivity contribution in [1.82, 2.24) is 0 Å². The molecule has 0 aliphatic rings. The van der Waals surface area contributed by atoms with Crippen LogP contribution in [0.2, 0.25) is 5.02 Å². The lowest BCUT2D eigenvalue weighted by molar-refractivity contribution is 0.522. The van der Waals surface area contributed by atoms with Crippen LogP contribution >= 0.6 is 22.9 Å². The first kappa shape index (κ1) is 17.1. The first-order chi connectivity index (χ1) is 11.3. The zero-order chi connectivity index (χ0) is 17.5. The van der Waals surface area contributed by atoms with E-state index in [1.165, 1.54) is 11.3 Å². The van der Waals surface area contributed by atoms with Gasteiger partial charge in [-0.3, -0.25) is 0 Å². The predicted molar refractivity (Wildman–Crippen MR) is 93.2 cm³/mol. The Balaban J connectivity index is 2.17. The first-order valence-corrected chi connectivity index (χ1v) is 10.00. The average molecular weight is 385 g/mol. The van der Waals surface area contributed by atoms with E-state index in [0.717, 1.165) is 29.5 Å². The lowest BCUT2D eigenvalue weighted by Gasteiger charge is -2.09. The molecule has 0 aliphatic heterocycles. The fraction of sp³-hybridized carbons (Fsp3) is 0.0588. The molecule has 124 valence electrons.